The third-order valence-electron chi connectivity index (χ3n) is 3.47. The van der Waals surface area contributed by atoms with Crippen LogP contribution < -0.4 is 5.32 Å². The van der Waals surface area contributed by atoms with Gasteiger partial charge in [-0.1, -0.05) is 0 Å². The number of nitrogens with one attached hydrogen (secondary N) is 1. The second-order valence-electron chi connectivity index (χ2n) is 6.02. The second kappa shape index (κ2) is 4.94. The number of hydrogen-bond acceptors (Lipinski definition) is 4. The number of carbonyl (C=O) groups is 1. The van der Waals surface area contributed by atoms with Crippen molar-refractivity contribution in [3.8, 4) is 0 Å². The molecule has 0 saturated carbocycles. The van der Waals surface area contributed by atoms with E-state index in [0.29, 0.717) is 25.3 Å². The Bertz CT molecular complexity index is 285. The number of ether oxygens (including phenoxy) is 2. The summed E-state index contributed by atoms with van der Waals surface area (Å²) < 4.78 is 10.8. The Kier molecular flexibility index (Phi) is 3.73. The predicted molar refractivity (Wildman–Crippen MR) is 64.7 cm³/mol. The Morgan fingerprint density at radius 1 is 1.29 bits per heavy atom. The highest BCUT2D eigenvalue weighted by molar-refractivity contribution is 5.74. The van der Waals surface area contributed by atoms with Gasteiger partial charge in [0.05, 0.1) is 18.1 Å². The summed E-state index contributed by atoms with van der Waals surface area (Å²) in [4.78, 5) is 11.8. The lowest BCUT2D eigenvalue weighted by Crippen LogP contribution is -2.31. The maximum Gasteiger partial charge on any atom is 0.310 e. The van der Waals surface area contributed by atoms with Crippen LogP contribution in [0, 0.1) is 5.92 Å². The van der Waals surface area contributed by atoms with Gasteiger partial charge in [-0.3, -0.25) is 4.79 Å². The molecule has 3 unspecified atom stereocenters. The number of carbonyl (C=O) groups excluding carboxylic acids is 1. The number of hydrogen-bond donors (Lipinski definition) is 1. The molecule has 2 fully saturated rings. The lowest BCUT2D eigenvalue weighted by Gasteiger charge is -2.21. The Morgan fingerprint density at radius 2 is 2.06 bits per heavy atom. The molecule has 0 aromatic carbocycles. The molecule has 1 N–H and O–H groups in total. The summed E-state index contributed by atoms with van der Waals surface area (Å²) in [5.74, 6) is 0.0191. The zero-order chi connectivity index (χ0) is 12.5. The molecule has 0 aliphatic carbocycles. The van der Waals surface area contributed by atoms with Crippen LogP contribution in [0.2, 0.25) is 0 Å². The van der Waals surface area contributed by atoms with Crippen molar-refractivity contribution < 1.29 is 14.3 Å². The summed E-state index contributed by atoms with van der Waals surface area (Å²) >= 11 is 0. The van der Waals surface area contributed by atoms with Gasteiger partial charge in [-0.15, -0.1) is 0 Å². The van der Waals surface area contributed by atoms with Gasteiger partial charge in [0, 0.05) is 12.1 Å². The fourth-order valence-corrected chi connectivity index (χ4v) is 2.68. The minimum absolute atomic E-state index is 0.0535. The lowest BCUT2D eigenvalue weighted by molar-refractivity contribution is -0.152. The molecular weight excluding hydrogens is 218 g/mol. The lowest BCUT2D eigenvalue weighted by atomic mass is 9.89. The molecular formula is C13H23NO3. The van der Waals surface area contributed by atoms with Crippen molar-refractivity contribution in [2.75, 3.05) is 13.2 Å². The van der Waals surface area contributed by atoms with Crippen molar-refractivity contribution in [1.82, 2.24) is 5.32 Å². The molecule has 2 saturated heterocycles. The monoisotopic (exact) mass is 241 g/mol. The van der Waals surface area contributed by atoms with Crippen LogP contribution in [-0.2, 0) is 14.3 Å². The minimum atomic E-state index is -0.166. The van der Waals surface area contributed by atoms with Crippen LogP contribution in [-0.4, -0.2) is 36.9 Å². The molecule has 0 aromatic rings. The van der Waals surface area contributed by atoms with Crippen LogP contribution in [0.25, 0.3) is 0 Å². The third kappa shape index (κ3) is 3.42. The molecule has 4 heteroatoms. The molecule has 2 rings (SSSR count). The molecule has 0 aromatic heterocycles. The third-order valence-corrected chi connectivity index (χ3v) is 3.47. The van der Waals surface area contributed by atoms with E-state index in [-0.39, 0.29) is 17.5 Å². The Labute approximate surface area is 103 Å². The first-order valence-corrected chi connectivity index (χ1v) is 6.52. The maximum atomic E-state index is 11.8. The Balaban J connectivity index is 1.65. The van der Waals surface area contributed by atoms with Crippen LogP contribution in [0.1, 0.15) is 40.0 Å². The van der Waals surface area contributed by atoms with Gasteiger partial charge in [-0.05, 0) is 40.0 Å². The van der Waals surface area contributed by atoms with E-state index in [2.05, 4.69) is 5.32 Å². The van der Waals surface area contributed by atoms with Gasteiger partial charge in [-0.2, -0.15) is 0 Å². The van der Waals surface area contributed by atoms with E-state index < -0.39 is 0 Å². The first-order valence-electron chi connectivity index (χ1n) is 6.52. The molecule has 17 heavy (non-hydrogen) atoms. The van der Waals surface area contributed by atoms with Crippen molar-refractivity contribution in [3.05, 3.63) is 0 Å². The van der Waals surface area contributed by atoms with Gasteiger partial charge >= 0.3 is 5.97 Å². The van der Waals surface area contributed by atoms with Crippen LogP contribution in [0.15, 0.2) is 0 Å². The second-order valence-corrected chi connectivity index (χ2v) is 6.02. The van der Waals surface area contributed by atoms with Crippen molar-refractivity contribution in [1.29, 1.82) is 0 Å². The molecule has 2 aliphatic rings. The molecule has 2 heterocycles. The highest BCUT2D eigenvalue weighted by atomic mass is 16.6. The van der Waals surface area contributed by atoms with Crippen LogP contribution in [0.5, 0.6) is 0 Å². The molecule has 0 radical (unpaired) electrons. The summed E-state index contributed by atoms with van der Waals surface area (Å²) in [5.41, 5.74) is -0.166. The van der Waals surface area contributed by atoms with Crippen molar-refractivity contribution >= 4 is 5.97 Å². The zero-order valence-corrected chi connectivity index (χ0v) is 11.0. The first-order chi connectivity index (χ1) is 7.96. The summed E-state index contributed by atoms with van der Waals surface area (Å²) in [6.45, 7) is 6.82. The fraction of sp³-hybridized carbons (Fsp3) is 0.923. The van der Waals surface area contributed by atoms with Gasteiger partial charge in [0.25, 0.3) is 0 Å². The molecule has 0 amide bonds. The maximum absolute atomic E-state index is 11.8. The molecule has 98 valence electrons. The van der Waals surface area contributed by atoms with Crippen molar-refractivity contribution in [2.24, 2.45) is 5.92 Å². The van der Waals surface area contributed by atoms with E-state index in [9.17, 15) is 4.79 Å². The van der Waals surface area contributed by atoms with E-state index in [1.165, 1.54) is 6.42 Å². The van der Waals surface area contributed by atoms with Crippen molar-refractivity contribution in [3.63, 3.8) is 0 Å². The number of esters is 1. The summed E-state index contributed by atoms with van der Waals surface area (Å²) in [7, 11) is 0. The van der Waals surface area contributed by atoms with Gasteiger partial charge in [0.2, 0.25) is 0 Å². The van der Waals surface area contributed by atoms with E-state index >= 15 is 0 Å². The topological polar surface area (TPSA) is 47.6 Å². The quantitative estimate of drug-likeness (QED) is 0.598. The van der Waals surface area contributed by atoms with Crippen molar-refractivity contribution in [2.45, 2.75) is 57.7 Å². The number of fused-ring (bicyclic) bond motifs is 2. The largest absolute Gasteiger partial charge is 0.463 e. The Morgan fingerprint density at radius 3 is 2.59 bits per heavy atom. The molecule has 2 aliphatic heterocycles. The normalized spacial score (nSPS) is 31.8. The van der Waals surface area contributed by atoms with Gasteiger partial charge in [0.15, 0.2) is 0 Å². The Hall–Kier alpha value is -0.610. The van der Waals surface area contributed by atoms with Gasteiger partial charge in [-0.25, -0.2) is 0 Å². The minimum Gasteiger partial charge on any atom is -0.463 e. The van der Waals surface area contributed by atoms with Crippen LogP contribution >= 0.6 is 0 Å². The highest BCUT2D eigenvalue weighted by Crippen LogP contribution is 2.33. The van der Waals surface area contributed by atoms with E-state index in [1.807, 2.05) is 20.8 Å². The summed E-state index contributed by atoms with van der Waals surface area (Å²) in [6, 6.07) is 0.902. The first kappa shape index (κ1) is 12.8. The van der Waals surface area contributed by atoms with E-state index in [0.717, 1.165) is 12.8 Å². The van der Waals surface area contributed by atoms with Gasteiger partial charge in [0.1, 0.15) is 6.61 Å². The summed E-state index contributed by atoms with van der Waals surface area (Å²) in [6.07, 6.45) is 3.27. The SMILES string of the molecule is CC(C)(C)OCCOC(=O)C1CC2CCC1N2. The predicted octanol–water partition coefficient (Wildman–Crippen LogP) is 1.49. The van der Waals surface area contributed by atoms with E-state index in [4.69, 9.17) is 9.47 Å². The average Bonchev–Trinajstić information content (AvgIpc) is 2.84. The highest BCUT2D eigenvalue weighted by Gasteiger charge is 2.43. The fourth-order valence-electron chi connectivity index (χ4n) is 2.68. The zero-order valence-electron chi connectivity index (χ0n) is 11.0. The number of rotatable bonds is 4. The average molecular weight is 241 g/mol. The molecule has 4 nitrogen and oxygen atoms in total. The summed E-state index contributed by atoms with van der Waals surface area (Å²) in [5, 5.41) is 3.44. The molecule has 0 spiro atoms. The smallest absolute Gasteiger partial charge is 0.310 e. The van der Waals surface area contributed by atoms with Crippen LogP contribution in [0.3, 0.4) is 0 Å². The standard InChI is InChI=1S/C13H23NO3/c1-13(2,3)17-7-6-16-12(15)10-8-9-4-5-11(10)14-9/h9-11,14H,4-8H2,1-3H3. The molecule has 2 bridgehead atoms. The van der Waals surface area contributed by atoms with Gasteiger partial charge < -0.3 is 14.8 Å². The van der Waals surface area contributed by atoms with E-state index in [1.54, 1.807) is 0 Å². The molecule has 3 atom stereocenters. The van der Waals surface area contributed by atoms with Crippen LogP contribution in [0.4, 0.5) is 0 Å².